The van der Waals surface area contributed by atoms with Crippen molar-refractivity contribution >= 4 is 34.9 Å². The minimum Gasteiger partial charge on any atom is -0.332 e. The Hall–Kier alpha value is -2.57. The van der Waals surface area contributed by atoms with Crippen LogP contribution in [0, 0.1) is 12.8 Å². The summed E-state index contributed by atoms with van der Waals surface area (Å²) in [6, 6.07) is 24.2. The zero-order chi connectivity index (χ0) is 24.3. The number of nitrogens with zero attached hydrogens (tertiary/aromatic N) is 2. The Morgan fingerprint density at radius 3 is 2.18 bits per heavy atom. The van der Waals surface area contributed by atoms with Crippen molar-refractivity contribution in [3.63, 3.8) is 0 Å². The molecule has 1 aromatic heterocycles. The van der Waals surface area contributed by atoms with E-state index in [2.05, 4.69) is 32.9 Å². The smallest absolute Gasteiger partial charge is 0.242 e. The number of carbonyl (C=O) groups excluding carboxylic acids is 2. The van der Waals surface area contributed by atoms with Crippen LogP contribution < -0.4 is 0 Å². The van der Waals surface area contributed by atoms with Crippen molar-refractivity contribution in [1.29, 1.82) is 0 Å². The molecule has 6 heteroatoms. The van der Waals surface area contributed by atoms with Crippen LogP contribution in [-0.2, 0) is 22.7 Å². The van der Waals surface area contributed by atoms with E-state index in [1.54, 1.807) is 16.2 Å². The third kappa shape index (κ3) is 8.33. The molecule has 0 aliphatic heterocycles. The van der Waals surface area contributed by atoms with E-state index in [9.17, 15) is 9.59 Å². The predicted octanol–water partition coefficient (Wildman–Crippen LogP) is 6.25. The van der Waals surface area contributed by atoms with E-state index in [1.165, 1.54) is 16.6 Å². The van der Waals surface area contributed by atoms with Gasteiger partial charge in [-0.15, -0.1) is 23.1 Å². The van der Waals surface area contributed by atoms with E-state index in [-0.39, 0.29) is 18.4 Å². The van der Waals surface area contributed by atoms with E-state index < -0.39 is 0 Å². The van der Waals surface area contributed by atoms with Gasteiger partial charge in [0.25, 0.3) is 0 Å². The Morgan fingerprint density at radius 2 is 1.56 bits per heavy atom. The monoisotopic (exact) mass is 494 g/mol. The van der Waals surface area contributed by atoms with Crippen LogP contribution in [0.25, 0.3) is 0 Å². The van der Waals surface area contributed by atoms with Gasteiger partial charge >= 0.3 is 0 Å². The highest BCUT2D eigenvalue weighted by Gasteiger charge is 2.23. The summed E-state index contributed by atoms with van der Waals surface area (Å²) in [5, 5.41) is 0. The van der Waals surface area contributed by atoms with Crippen molar-refractivity contribution in [1.82, 2.24) is 9.80 Å². The summed E-state index contributed by atoms with van der Waals surface area (Å²) >= 11 is 3.23. The molecule has 0 aliphatic carbocycles. The van der Waals surface area contributed by atoms with Gasteiger partial charge in [-0.25, -0.2) is 0 Å². The van der Waals surface area contributed by atoms with Gasteiger partial charge < -0.3 is 9.80 Å². The summed E-state index contributed by atoms with van der Waals surface area (Å²) in [7, 11) is 0. The lowest BCUT2D eigenvalue weighted by Gasteiger charge is -2.29. The molecule has 3 rings (SSSR count). The molecule has 2 amide bonds. The average molecular weight is 495 g/mol. The van der Waals surface area contributed by atoms with E-state index in [4.69, 9.17) is 0 Å². The first-order valence-corrected chi connectivity index (χ1v) is 13.6. The summed E-state index contributed by atoms with van der Waals surface area (Å²) in [4.78, 5) is 33.8. The van der Waals surface area contributed by atoms with Gasteiger partial charge in [-0.1, -0.05) is 68.8 Å². The SMILES string of the molecule is CCC(C)CN(CC(=O)N(Cc1ccccc1)Cc1ccc(C)s1)C(=O)CSc1ccccc1. The van der Waals surface area contributed by atoms with Gasteiger partial charge in [-0.05, 0) is 42.7 Å². The van der Waals surface area contributed by atoms with Gasteiger partial charge in [0.1, 0.15) is 0 Å². The van der Waals surface area contributed by atoms with Crippen molar-refractivity contribution in [2.24, 2.45) is 5.92 Å². The highest BCUT2D eigenvalue weighted by atomic mass is 32.2. The summed E-state index contributed by atoms with van der Waals surface area (Å²) < 4.78 is 0. The summed E-state index contributed by atoms with van der Waals surface area (Å²) in [5.74, 6) is 0.655. The summed E-state index contributed by atoms with van der Waals surface area (Å²) in [6.45, 7) is 8.11. The van der Waals surface area contributed by atoms with Gasteiger partial charge in [-0.3, -0.25) is 9.59 Å². The van der Waals surface area contributed by atoms with Crippen LogP contribution >= 0.6 is 23.1 Å². The zero-order valence-corrected chi connectivity index (χ0v) is 21.9. The number of carbonyl (C=O) groups is 2. The molecule has 0 N–H and O–H groups in total. The third-order valence-corrected chi connectivity index (χ3v) is 7.71. The average Bonchev–Trinajstić information content (AvgIpc) is 3.27. The number of hydrogen-bond acceptors (Lipinski definition) is 4. The van der Waals surface area contributed by atoms with E-state index in [0.29, 0.717) is 31.3 Å². The number of thioether (sulfide) groups is 1. The molecule has 0 saturated heterocycles. The maximum absolute atomic E-state index is 13.5. The molecule has 3 aromatic rings. The number of aryl methyl sites for hydroxylation is 1. The number of amides is 2. The highest BCUT2D eigenvalue weighted by Crippen LogP contribution is 2.21. The molecular weight excluding hydrogens is 460 g/mol. The van der Waals surface area contributed by atoms with Gasteiger partial charge in [0.15, 0.2) is 0 Å². The highest BCUT2D eigenvalue weighted by molar-refractivity contribution is 8.00. The Kier molecular flexibility index (Phi) is 10.2. The predicted molar refractivity (Wildman–Crippen MR) is 143 cm³/mol. The number of rotatable bonds is 12. The van der Waals surface area contributed by atoms with Crippen molar-refractivity contribution in [3.8, 4) is 0 Å². The minimum absolute atomic E-state index is 0.00846. The van der Waals surface area contributed by atoms with Crippen LogP contribution in [0.15, 0.2) is 77.7 Å². The molecule has 4 nitrogen and oxygen atoms in total. The molecule has 0 spiro atoms. The molecule has 1 atom stereocenters. The van der Waals surface area contributed by atoms with Gasteiger partial charge in [-0.2, -0.15) is 0 Å². The Morgan fingerprint density at radius 1 is 0.882 bits per heavy atom. The lowest BCUT2D eigenvalue weighted by molar-refractivity contribution is -0.140. The Labute approximate surface area is 212 Å². The van der Waals surface area contributed by atoms with Crippen LogP contribution in [0.3, 0.4) is 0 Å². The fourth-order valence-electron chi connectivity index (χ4n) is 3.57. The number of hydrogen-bond donors (Lipinski definition) is 0. The lowest BCUT2D eigenvalue weighted by atomic mass is 10.1. The summed E-state index contributed by atoms with van der Waals surface area (Å²) in [5.41, 5.74) is 1.09. The standard InChI is InChI=1S/C28H34N2O2S2/c1-4-22(2)17-29(28(32)21-33-25-13-9-6-10-14-25)20-27(31)30(18-24-11-7-5-8-12-24)19-26-16-15-23(3)34-26/h5-16,22H,4,17-21H2,1-3H3. The largest absolute Gasteiger partial charge is 0.332 e. The molecule has 180 valence electrons. The maximum Gasteiger partial charge on any atom is 0.242 e. The van der Waals surface area contributed by atoms with Crippen LogP contribution in [-0.4, -0.2) is 40.5 Å². The minimum atomic E-state index is -0.0173. The number of thiophene rings is 1. The second kappa shape index (κ2) is 13.4. The summed E-state index contributed by atoms with van der Waals surface area (Å²) in [6.07, 6.45) is 0.964. The van der Waals surface area contributed by atoms with Gasteiger partial charge in [0.2, 0.25) is 11.8 Å². The van der Waals surface area contributed by atoms with Crippen molar-refractivity contribution < 1.29 is 9.59 Å². The first kappa shape index (κ1) is 26.0. The van der Waals surface area contributed by atoms with Crippen LogP contribution in [0.1, 0.15) is 35.6 Å². The molecule has 34 heavy (non-hydrogen) atoms. The van der Waals surface area contributed by atoms with Crippen molar-refractivity contribution in [3.05, 3.63) is 88.1 Å². The fraction of sp³-hybridized carbons (Fsp3) is 0.357. The zero-order valence-electron chi connectivity index (χ0n) is 20.3. The third-order valence-electron chi connectivity index (χ3n) is 5.73. The molecule has 0 saturated carbocycles. The molecule has 0 aliphatic rings. The molecule has 2 aromatic carbocycles. The van der Waals surface area contributed by atoms with E-state index in [0.717, 1.165) is 21.8 Å². The maximum atomic E-state index is 13.5. The first-order valence-electron chi connectivity index (χ1n) is 11.8. The van der Waals surface area contributed by atoms with Crippen LogP contribution in [0.2, 0.25) is 0 Å². The van der Waals surface area contributed by atoms with Gasteiger partial charge in [0.05, 0.1) is 18.8 Å². The lowest BCUT2D eigenvalue weighted by Crippen LogP contribution is -2.44. The quantitative estimate of drug-likeness (QED) is 0.279. The molecule has 0 fully saturated rings. The molecule has 0 radical (unpaired) electrons. The second-order valence-electron chi connectivity index (χ2n) is 8.64. The fourth-order valence-corrected chi connectivity index (χ4v) is 5.30. The number of benzene rings is 2. The Balaban J connectivity index is 1.73. The molecule has 0 bridgehead atoms. The normalized spacial score (nSPS) is 11.7. The van der Waals surface area contributed by atoms with E-state index in [1.807, 2.05) is 65.6 Å². The van der Waals surface area contributed by atoms with Crippen molar-refractivity contribution in [2.75, 3.05) is 18.8 Å². The molecular formula is C28H34N2O2S2. The molecule has 1 heterocycles. The Bertz CT molecular complexity index is 1040. The van der Waals surface area contributed by atoms with Crippen LogP contribution in [0.4, 0.5) is 0 Å². The van der Waals surface area contributed by atoms with Crippen LogP contribution in [0.5, 0.6) is 0 Å². The second-order valence-corrected chi connectivity index (χ2v) is 11.1. The van der Waals surface area contributed by atoms with Crippen molar-refractivity contribution in [2.45, 2.75) is 45.2 Å². The van der Waals surface area contributed by atoms with Gasteiger partial charge in [0, 0.05) is 27.7 Å². The van der Waals surface area contributed by atoms with E-state index >= 15 is 0 Å². The first-order chi connectivity index (χ1) is 16.4. The molecule has 1 unspecified atom stereocenters. The topological polar surface area (TPSA) is 40.6 Å².